The van der Waals surface area contributed by atoms with E-state index in [4.69, 9.17) is 4.74 Å². The Kier molecular flexibility index (Phi) is 5.59. The van der Waals surface area contributed by atoms with Gasteiger partial charge in [0.2, 0.25) is 0 Å². The standard InChI is InChI=1S/C21H14F4N2O4S/c22-12-1-4-18-14(8-12)20(28)11(10-31-18)7-19-16(5-6-32-19)26-13-2-3-17(27(29)30)15(9-13)21(23,24)25/h1-6,8-9,11,26H,7,10H2. The van der Waals surface area contributed by atoms with Crippen molar-refractivity contribution in [2.45, 2.75) is 12.6 Å². The van der Waals surface area contributed by atoms with Crippen LogP contribution in [0.5, 0.6) is 5.75 Å². The fraction of sp³-hybridized carbons (Fsp3) is 0.190. The maximum atomic E-state index is 13.5. The van der Waals surface area contributed by atoms with Gasteiger partial charge in [0.05, 0.1) is 28.7 Å². The number of rotatable bonds is 5. The maximum Gasteiger partial charge on any atom is 0.423 e. The van der Waals surface area contributed by atoms with Crippen LogP contribution in [0, 0.1) is 21.8 Å². The Morgan fingerprint density at radius 1 is 1.19 bits per heavy atom. The number of hydrogen-bond acceptors (Lipinski definition) is 6. The number of alkyl halides is 3. The highest BCUT2D eigenvalue weighted by molar-refractivity contribution is 7.10. The van der Waals surface area contributed by atoms with Crippen LogP contribution in [-0.4, -0.2) is 17.3 Å². The van der Waals surface area contributed by atoms with Gasteiger partial charge in [-0.3, -0.25) is 14.9 Å². The molecular weight excluding hydrogens is 452 g/mol. The molecule has 0 saturated carbocycles. The molecule has 0 amide bonds. The first-order valence-electron chi connectivity index (χ1n) is 9.29. The molecule has 2 heterocycles. The predicted octanol–water partition coefficient (Wildman–Crippen LogP) is 5.99. The van der Waals surface area contributed by atoms with E-state index in [0.29, 0.717) is 22.4 Å². The number of carbonyl (C=O) groups excluding carboxylic acids is 1. The van der Waals surface area contributed by atoms with Crippen molar-refractivity contribution in [2.75, 3.05) is 11.9 Å². The molecular formula is C21H14F4N2O4S. The molecule has 2 aromatic carbocycles. The lowest BCUT2D eigenvalue weighted by molar-refractivity contribution is -0.388. The molecule has 0 bridgehead atoms. The highest BCUT2D eigenvalue weighted by atomic mass is 32.1. The van der Waals surface area contributed by atoms with Crippen molar-refractivity contribution in [1.82, 2.24) is 0 Å². The largest absolute Gasteiger partial charge is 0.492 e. The molecule has 1 aliphatic rings. The summed E-state index contributed by atoms with van der Waals surface area (Å²) in [5.41, 5.74) is -1.77. The van der Waals surface area contributed by atoms with Crippen molar-refractivity contribution >= 4 is 34.2 Å². The van der Waals surface area contributed by atoms with E-state index in [1.165, 1.54) is 29.5 Å². The first-order valence-corrected chi connectivity index (χ1v) is 10.2. The number of hydrogen-bond donors (Lipinski definition) is 1. The van der Waals surface area contributed by atoms with Crippen LogP contribution >= 0.6 is 11.3 Å². The smallest absolute Gasteiger partial charge is 0.423 e. The lowest BCUT2D eigenvalue weighted by atomic mass is 9.91. The summed E-state index contributed by atoms with van der Waals surface area (Å²) in [6, 6.07) is 8.00. The van der Waals surface area contributed by atoms with E-state index in [1.54, 1.807) is 11.4 Å². The number of ether oxygens (including phenoxy) is 1. The summed E-state index contributed by atoms with van der Waals surface area (Å²) in [5, 5.41) is 15.5. The van der Waals surface area contributed by atoms with Gasteiger partial charge in [0, 0.05) is 16.6 Å². The SMILES string of the molecule is O=C1c2cc(F)ccc2OCC1Cc1sccc1Nc1ccc([N+](=O)[O-])c(C(F)(F)F)c1. The number of Topliss-reactive ketones (excluding diaryl/α,β-unsaturated/α-hetero) is 1. The number of ketones is 1. The number of nitrogens with zero attached hydrogens (tertiary/aromatic N) is 1. The quantitative estimate of drug-likeness (QED) is 0.284. The minimum absolute atomic E-state index is 0.0150. The van der Waals surface area contributed by atoms with Gasteiger partial charge < -0.3 is 10.1 Å². The molecule has 1 aromatic heterocycles. The van der Waals surface area contributed by atoms with Crippen molar-refractivity contribution < 1.29 is 32.0 Å². The number of nitro groups is 1. The number of fused-ring (bicyclic) bond motifs is 1. The number of benzene rings is 2. The molecule has 1 aliphatic heterocycles. The lowest BCUT2D eigenvalue weighted by Gasteiger charge is -2.24. The summed E-state index contributed by atoms with van der Waals surface area (Å²) < 4.78 is 58.8. The first kappa shape index (κ1) is 21.8. The van der Waals surface area contributed by atoms with E-state index < -0.39 is 34.1 Å². The lowest BCUT2D eigenvalue weighted by Crippen LogP contribution is -2.29. The molecule has 0 saturated heterocycles. The van der Waals surface area contributed by atoms with Gasteiger partial charge in [0.1, 0.15) is 17.1 Å². The zero-order chi connectivity index (χ0) is 23.0. The number of anilines is 2. The molecule has 0 fully saturated rings. The van der Waals surface area contributed by atoms with Crippen LogP contribution in [0.2, 0.25) is 0 Å². The molecule has 11 heteroatoms. The number of halogens is 4. The molecule has 0 aliphatic carbocycles. The second kappa shape index (κ2) is 8.23. The monoisotopic (exact) mass is 466 g/mol. The summed E-state index contributed by atoms with van der Waals surface area (Å²) >= 11 is 1.29. The van der Waals surface area contributed by atoms with Crippen molar-refractivity contribution in [2.24, 2.45) is 5.92 Å². The van der Waals surface area contributed by atoms with Gasteiger partial charge in [-0.25, -0.2) is 4.39 Å². The second-order valence-electron chi connectivity index (χ2n) is 7.09. The van der Waals surface area contributed by atoms with E-state index in [9.17, 15) is 32.5 Å². The molecule has 3 aromatic rings. The summed E-state index contributed by atoms with van der Waals surface area (Å²) in [7, 11) is 0. The summed E-state index contributed by atoms with van der Waals surface area (Å²) in [5.74, 6) is -1.12. The molecule has 1 N–H and O–H groups in total. The maximum absolute atomic E-state index is 13.5. The highest BCUT2D eigenvalue weighted by Crippen LogP contribution is 2.39. The van der Waals surface area contributed by atoms with Crippen LogP contribution in [0.4, 0.5) is 34.6 Å². The summed E-state index contributed by atoms with van der Waals surface area (Å²) in [6.07, 6.45) is -4.67. The Hall–Kier alpha value is -3.47. The van der Waals surface area contributed by atoms with Crippen molar-refractivity contribution in [3.63, 3.8) is 0 Å². The Balaban J connectivity index is 1.56. The fourth-order valence-corrected chi connectivity index (χ4v) is 4.36. The van der Waals surface area contributed by atoms with Crippen molar-refractivity contribution in [3.8, 4) is 5.75 Å². The van der Waals surface area contributed by atoms with Crippen LogP contribution in [0.3, 0.4) is 0 Å². The number of nitro benzene ring substituents is 1. The minimum Gasteiger partial charge on any atom is -0.492 e. The fourth-order valence-electron chi connectivity index (χ4n) is 3.45. The van der Waals surface area contributed by atoms with Gasteiger partial charge in [-0.15, -0.1) is 11.3 Å². The van der Waals surface area contributed by atoms with Gasteiger partial charge >= 0.3 is 6.18 Å². The molecule has 0 radical (unpaired) electrons. The van der Waals surface area contributed by atoms with Crippen molar-refractivity contribution in [3.05, 3.63) is 79.8 Å². The summed E-state index contributed by atoms with van der Waals surface area (Å²) in [4.78, 5) is 23.3. The zero-order valence-electron chi connectivity index (χ0n) is 16.1. The van der Waals surface area contributed by atoms with E-state index in [0.717, 1.165) is 12.1 Å². The normalized spacial score (nSPS) is 15.8. The third-order valence-electron chi connectivity index (χ3n) is 4.97. The van der Waals surface area contributed by atoms with E-state index in [2.05, 4.69) is 5.32 Å². The van der Waals surface area contributed by atoms with Gasteiger partial charge in [-0.1, -0.05) is 0 Å². The molecule has 1 unspecified atom stereocenters. The van der Waals surface area contributed by atoms with Crippen LogP contribution in [-0.2, 0) is 12.6 Å². The Labute approximate surface area is 182 Å². The highest BCUT2D eigenvalue weighted by Gasteiger charge is 2.38. The molecule has 4 rings (SSSR count). The van der Waals surface area contributed by atoms with Gasteiger partial charge in [0.15, 0.2) is 5.78 Å². The topological polar surface area (TPSA) is 81.5 Å². The van der Waals surface area contributed by atoms with Crippen LogP contribution in [0.1, 0.15) is 20.8 Å². The molecule has 6 nitrogen and oxygen atoms in total. The Bertz CT molecular complexity index is 1210. The average Bonchev–Trinajstić information content (AvgIpc) is 3.16. The molecule has 166 valence electrons. The third kappa shape index (κ3) is 4.28. The van der Waals surface area contributed by atoms with E-state index in [-0.39, 0.29) is 30.1 Å². The predicted molar refractivity (Wildman–Crippen MR) is 109 cm³/mol. The van der Waals surface area contributed by atoms with Crippen molar-refractivity contribution in [1.29, 1.82) is 0 Å². The number of nitrogens with one attached hydrogen (secondary N) is 1. The Morgan fingerprint density at radius 2 is 1.97 bits per heavy atom. The van der Waals surface area contributed by atoms with Gasteiger partial charge in [-0.05, 0) is 48.2 Å². The number of carbonyl (C=O) groups is 1. The van der Waals surface area contributed by atoms with Crippen LogP contribution < -0.4 is 10.1 Å². The van der Waals surface area contributed by atoms with E-state index >= 15 is 0 Å². The molecule has 0 spiro atoms. The van der Waals surface area contributed by atoms with Gasteiger partial charge in [-0.2, -0.15) is 13.2 Å². The summed E-state index contributed by atoms with van der Waals surface area (Å²) in [6.45, 7) is 0.0879. The van der Waals surface area contributed by atoms with Crippen LogP contribution in [0.25, 0.3) is 0 Å². The zero-order valence-corrected chi connectivity index (χ0v) is 16.9. The first-order chi connectivity index (χ1) is 15.1. The van der Waals surface area contributed by atoms with Crippen LogP contribution in [0.15, 0.2) is 47.8 Å². The molecule has 32 heavy (non-hydrogen) atoms. The minimum atomic E-state index is -4.90. The Morgan fingerprint density at radius 3 is 2.69 bits per heavy atom. The third-order valence-corrected chi connectivity index (χ3v) is 5.92. The molecule has 1 atom stereocenters. The average molecular weight is 466 g/mol. The number of thiophene rings is 1. The van der Waals surface area contributed by atoms with E-state index in [1.807, 2.05) is 0 Å². The van der Waals surface area contributed by atoms with Gasteiger partial charge in [0.25, 0.3) is 5.69 Å². The second-order valence-corrected chi connectivity index (χ2v) is 8.09.